The van der Waals surface area contributed by atoms with Crippen LogP contribution in [0.15, 0.2) is 24.3 Å². The summed E-state index contributed by atoms with van der Waals surface area (Å²) in [4.78, 5) is 12.8. The first-order valence-electron chi connectivity index (χ1n) is 7.41. The van der Waals surface area contributed by atoms with Crippen LogP contribution in [0.25, 0.3) is 0 Å². The first-order chi connectivity index (χ1) is 9.72. The van der Waals surface area contributed by atoms with E-state index in [-0.39, 0.29) is 10.6 Å². The molecule has 0 saturated carbocycles. The minimum Gasteiger partial charge on any atom is -0.313 e. The highest BCUT2D eigenvalue weighted by Crippen LogP contribution is 2.26. The largest absolute Gasteiger partial charge is 0.313 e. The Bertz CT molecular complexity index is 475. The van der Waals surface area contributed by atoms with Crippen LogP contribution < -0.4 is 5.32 Å². The molecule has 0 aliphatic carbocycles. The second-order valence-electron chi connectivity index (χ2n) is 5.87. The third kappa shape index (κ3) is 2.99. The van der Waals surface area contributed by atoms with Crippen molar-refractivity contribution in [3.05, 3.63) is 39.9 Å². The Balaban J connectivity index is 1.46. The minimum atomic E-state index is -0.351. The van der Waals surface area contributed by atoms with Gasteiger partial charge in [0.15, 0.2) is 0 Å². The lowest BCUT2D eigenvalue weighted by Gasteiger charge is -2.31. The van der Waals surface area contributed by atoms with Crippen LogP contribution in [0.2, 0.25) is 0 Å². The lowest BCUT2D eigenvalue weighted by molar-refractivity contribution is -0.384. The monoisotopic (exact) mass is 275 g/mol. The number of nitro groups is 1. The molecule has 0 amide bonds. The summed E-state index contributed by atoms with van der Waals surface area (Å²) in [6.45, 7) is 4.71. The molecule has 2 aliphatic heterocycles. The van der Waals surface area contributed by atoms with Gasteiger partial charge in [0.2, 0.25) is 0 Å². The van der Waals surface area contributed by atoms with Gasteiger partial charge in [0.05, 0.1) is 4.92 Å². The van der Waals surface area contributed by atoms with Gasteiger partial charge in [0.1, 0.15) is 0 Å². The second-order valence-corrected chi connectivity index (χ2v) is 5.87. The van der Waals surface area contributed by atoms with E-state index in [1.165, 1.54) is 32.5 Å². The summed E-state index contributed by atoms with van der Waals surface area (Å²) in [5, 5.41) is 14.3. The fourth-order valence-corrected chi connectivity index (χ4v) is 3.41. The predicted octanol–water partition coefficient (Wildman–Crippen LogP) is 1.82. The van der Waals surface area contributed by atoms with Gasteiger partial charge in [0.25, 0.3) is 5.69 Å². The molecule has 0 aromatic heterocycles. The summed E-state index contributed by atoms with van der Waals surface area (Å²) >= 11 is 0. The smallest absolute Gasteiger partial charge is 0.269 e. The Morgan fingerprint density at radius 3 is 2.75 bits per heavy atom. The molecule has 3 rings (SSSR count). The van der Waals surface area contributed by atoms with E-state index in [0.29, 0.717) is 6.04 Å². The SMILES string of the molecule is O=[N+]([O-])c1ccc(CCNC2CCN3CCC2C3)cc1. The van der Waals surface area contributed by atoms with Crippen LogP contribution >= 0.6 is 0 Å². The number of nitrogens with zero attached hydrogens (tertiary/aromatic N) is 2. The van der Waals surface area contributed by atoms with Gasteiger partial charge in [-0.3, -0.25) is 10.1 Å². The average molecular weight is 275 g/mol. The Morgan fingerprint density at radius 2 is 2.00 bits per heavy atom. The Kier molecular flexibility index (Phi) is 3.98. The van der Waals surface area contributed by atoms with Gasteiger partial charge in [-0.25, -0.2) is 0 Å². The van der Waals surface area contributed by atoms with Crippen LogP contribution in [-0.2, 0) is 6.42 Å². The standard InChI is InChI=1S/C15H21N3O2/c19-18(20)14-3-1-12(2-4-14)5-8-16-15-7-10-17-9-6-13(15)11-17/h1-4,13,15-16H,5-11H2. The molecule has 0 radical (unpaired) electrons. The number of hydrogen-bond acceptors (Lipinski definition) is 4. The zero-order valence-corrected chi connectivity index (χ0v) is 11.6. The van der Waals surface area contributed by atoms with Crippen LogP contribution in [0.3, 0.4) is 0 Å². The highest BCUT2D eigenvalue weighted by atomic mass is 16.6. The van der Waals surface area contributed by atoms with E-state index >= 15 is 0 Å². The molecule has 1 aromatic rings. The normalized spacial score (nSPS) is 28.5. The Labute approximate surface area is 119 Å². The summed E-state index contributed by atoms with van der Waals surface area (Å²) in [5.41, 5.74) is 1.33. The molecule has 2 heterocycles. The summed E-state index contributed by atoms with van der Waals surface area (Å²) in [7, 11) is 0. The molecule has 2 aliphatic rings. The minimum absolute atomic E-state index is 0.167. The number of non-ortho nitro benzene ring substituents is 1. The average Bonchev–Trinajstić information content (AvgIpc) is 2.84. The van der Waals surface area contributed by atoms with Crippen molar-refractivity contribution in [1.82, 2.24) is 10.2 Å². The lowest BCUT2D eigenvalue weighted by atomic mass is 9.94. The fraction of sp³-hybridized carbons (Fsp3) is 0.600. The summed E-state index contributed by atoms with van der Waals surface area (Å²) in [6.07, 6.45) is 3.52. The van der Waals surface area contributed by atoms with Gasteiger partial charge < -0.3 is 10.2 Å². The Hall–Kier alpha value is -1.46. The van der Waals surface area contributed by atoms with E-state index in [2.05, 4.69) is 10.2 Å². The lowest BCUT2D eigenvalue weighted by Crippen LogP contribution is -2.44. The molecule has 2 fully saturated rings. The van der Waals surface area contributed by atoms with E-state index in [0.717, 1.165) is 24.4 Å². The van der Waals surface area contributed by atoms with E-state index < -0.39 is 0 Å². The van der Waals surface area contributed by atoms with Crippen molar-refractivity contribution in [3.63, 3.8) is 0 Å². The van der Waals surface area contributed by atoms with Crippen LogP contribution in [-0.4, -0.2) is 42.0 Å². The second kappa shape index (κ2) is 5.89. The molecule has 2 bridgehead atoms. The van der Waals surface area contributed by atoms with E-state index in [1.807, 2.05) is 12.1 Å². The van der Waals surface area contributed by atoms with Gasteiger partial charge in [-0.05, 0) is 50.4 Å². The molecule has 20 heavy (non-hydrogen) atoms. The number of piperidine rings is 1. The van der Waals surface area contributed by atoms with Crippen molar-refractivity contribution >= 4 is 5.69 Å². The van der Waals surface area contributed by atoms with E-state index in [9.17, 15) is 10.1 Å². The maximum Gasteiger partial charge on any atom is 0.269 e. The van der Waals surface area contributed by atoms with Gasteiger partial charge in [-0.1, -0.05) is 12.1 Å². The number of rotatable bonds is 5. The summed E-state index contributed by atoms with van der Waals surface area (Å²) in [6, 6.07) is 7.55. The number of hydrogen-bond donors (Lipinski definition) is 1. The van der Waals surface area contributed by atoms with Crippen molar-refractivity contribution < 1.29 is 4.92 Å². The van der Waals surface area contributed by atoms with Crippen LogP contribution in [0, 0.1) is 16.0 Å². The van der Waals surface area contributed by atoms with E-state index in [1.54, 1.807) is 12.1 Å². The predicted molar refractivity (Wildman–Crippen MR) is 77.8 cm³/mol. The van der Waals surface area contributed by atoms with Crippen LogP contribution in [0.1, 0.15) is 18.4 Å². The number of nitrogens with one attached hydrogen (secondary N) is 1. The summed E-state index contributed by atoms with van der Waals surface area (Å²) < 4.78 is 0. The molecule has 5 heteroatoms. The number of nitro benzene ring substituents is 1. The van der Waals surface area contributed by atoms with Crippen molar-refractivity contribution in [2.45, 2.75) is 25.3 Å². The molecule has 3 atom stereocenters. The van der Waals surface area contributed by atoms with Gasteiger partial charge in [-0.15, -0.1) is 0 Å². The van der Waals surface area contributed by atoms with Crippen molar-refractivity contribution in [2.75, 3.05) is 26.2 Å². The van der Waals surface area contributed by atoms with Crippen molar-refractivity contribution in [1.29, 1.82) is 0 Å². The number of fused-ring (bicyclic) bond motifs is 2. The van der Waals surface area contributed by atoms with Crippen molar-refractivity contribution in [3.8, 4) is 0 Å². The zero-order valence-electron chi connectivity index (χ0n) is 11.6. The number of benzene rings is 1. The molecule has 3 unspecified atom stereocenters. The molecular weight excluding hydrogens is 254 g/mol. The van der Waals surface area contributed by atoms with Gasteiger partial charge in [0, 0.05) is 24.7 Å². The van der Waals surface area contributed by atoms with Gasteiger partial charge in [-0.2, -0.15) is 0 Å². The molecule has 2 saturated heterocycles. The van der Waals surface area contributed by atoms with E-state index in [4.69, 9.17) is 0 Å². The van der Waals surface area contributed by atoms with Crippen LogP contribution in [0.4, 0.5) is 5.69 Å². The van der Waals surface area contributed by atoms with Crippen molar-refractivity contribution in [2.24, 2.45) is 5.92 Å². The highest BCUT2D eigenvalue weighted by Gasteiger charge is 2.33. The third-order valence-corrected chi connectivity index (χ3v) is 4.60. The Morgan fingerprint density at radius 1 is 1.25 bits per heavy atom. The third-order valence-electron chi connectivity index (χ3n) is 4.60. The molecule has 1 N–H and O–H groups in total. The topological polar surface area (TPSA) is 58.4 Å². The molecule has 0 spiro atoms. The fourth-order valence-electron chi connectivity index (χ4n) is 3.41. The molecule has 5 nitrogen and oxygen atoms in total. The first-order valence-corrected chi connectivity index (χ1v) is 7.41. The highest BCUT2D eigenvalue weighted by molar-refractivity contribution is 5.32. The quantitative estimate of drug-likeness (QED) is 0.658. The van der Waals surface area contributed by atoms with Crippen LogP contribution in [0.5, 0.6) is 0 Å². The molecule has 1 aromatic carbocycles. The molecule has 108 valence electrons. The first kappa shape index (κ1) is 13.5. The molecular formula is C15H21N3O2. The maximum atomic E-state index is 10.6. The zero-order chi connectivity index (χ0) is 13.9. The maximum absolute atomic E-state index is 10.6. The summed E-state index contributed by atoms with van der Waals surface area (Å²) in [5.74, 6) is 0.820. The van der Waals surface area contributed by atoms with Gasteiger partial charge >= 0.3 is 0 Å².